The molecular formula is C10H12ClN3O2. The summed E-state index contributed by atoms with van der Waals surface area (Å²) >= 11 is 5.66. The van der Waals surface area contributed by atoms with Crippen molar-refractivity contribution in [1.29, 1.82) is 0 Å². The number of hydrogen-bond donors (Lipinski definition) is 1. The summed E-state index contributed by atoms with van der Waals surface area (Å²) in [5.74, 6) is 1.51. The van der Waals surface area contributed by atoms with E-state index in [2.05, 4.69) is 15.5 Å². The van der Waals surface area contributed by atoms with E-state index < -0.39 is 0 Å². The predicted octanol–water partition coefficient (Wildman–Crippen LogP) is 2.13. The average molecular weight is 242 g/mol. The predicted molar refractivity (Wildman–Crippen MR) is 59.2 cm³/mol. The average Bonchev–Trinajstić information content (AvgIpc) is 2.87. The Bertz CT molecular complexity index is 466. The van der Waals surface area contributed by atoms with Gasteiger partial charge in [-0.3, -0.25) is 0 Å². The van der Waals surface area contributed by atoms with E-state index in [1.807, 2.05) is 14.0 Å². The molecule has 0 amide bonds. The van der Waals surface area contributed by atoms with Crippen LogP contribution in [0.2, 0.25) is 5.22 Å². The van der Waals surface area contributed by atoms with Crippen molar-refractivity contribution in [3.8, 4) is 11.6 Å². The molecule has 0 aliphatic carbocycles. The van der Waals surface area contributed by atoms with Crippen molar-refractivity contribution in [3.63, 3.8) is 0 Å². The Hall–Kier alpha value is -1.33. The van der Waals surface area contributed by atoms with E-state index in [4.69, 9.17) is 20.5 Å². The lowest BCUT2D eigenvalue weighted by molar-refractivity contribution is 0.364. The maximum absolute atomic E-state index is 5.66. The monoisotopic (exact) mass is 241 g/mol. The first-order valence-electron chi connectivity index (χ1n) is 4.94. The Labute approximate surface area is 97.8 Å². The molecule has 16 heavy (non-hydrogen) atoms. The molecule has 2 aromatic rings. The van der Waals surface area contributed by atoms with Crippen molar-refractivity contribution in [2.24, 2.45) is 0 Å². The highest BCUT2D eigenvalue weighted by molar-refractivity contribution is 6.28. The minimum absolute atomic E-state index is 0.286. The molecule has 86 valence electrons. The topological polar surface area (TPSA) is 64.1 Å². The Morgan fingerprint density at radius 3 is 2.94 bits per heavy atom. The van der Waals surface area contributed by atoms with Gasteiger partial charge in [-0.15, -0.1) is 0 Å². The van der Waals surface area contributed by atoms with Gasteiger partial charge in [0, 0.05) is 12.5 Å². The number of nitrogens with one attached hydrogen (secondary N) is 1. The number of furan rings is 1. The Balaban J connectivity index is 2.13. The third kappa shape index (κ3) is 2.43. The summed E-state index contributed by atoms with van der Waals surface area (Å²) in [5, 5.41) is 7.23. The molecule has 1 N–H and O–H groups in total. The van der Waals surface area contributed by atoms with Crippen molar-refractivity contribution in [3.05, 3.63) is 23.2 Å². The maximum Gasteiger partial charge on any atom is 0.238 e. The van der Waals surface area contributed by atoms with Crippen LogP contribution in [0.4, 0.5) is 0 Å². The number of aromatic nitrogens is 2. The molecule has 2 rings (SSSR count). The minimum Gasteiger partial charge on any atom is -0.441 e. The second-order valence-corrected chi connectivity index (χ2v) is 3.88. The highest BCUT2D eigenvalue weighted by Crippen LogP contribution is 2.22. The summed E-state index contributed by atoms with van der Waals surface area (Å²) in [4.78, 5) is 4.21. The van der Waals surface area contributed by atoms with Gasteiger partial charge in [0.2, 0.25) is 11.7 Å². The molecule has 0 fully saturated rings. The molecule has 5 nitrogen and oxygen atoms in total. The number of likely N-dealkylation sites (N-methyl/N-ethyl adjacent to an activating group) is 1. The molecule has 2 aromatic heterocycles. The van der Waals surface area contributed by atoms with Crippen molar-refractivity contribution in [2.45, 2.75) is 19.4 Å². The van der Waals surface area contributed by atoms with Crippen LogP contribution in [-0.2, 0) is 6.42 Å². The second-order valence-electron chi connectivity index (χ2n) is 3.51. The lowest BCUT2D eigenvalue weighted by atomic mass is 10.2. The van der Waals surface area contributed by atoms with E-state index >= 15 is 0 Å². The zero-order chi connectivity index (χ0) is 11.5. The highest BCUT2D eigenvalue weighted by Gasteiger charge is 2.13. The number of hydrogen-bond acceptors (Lipinski definition) is 5. The summed E-state index contributed by atoms with van der Waals surface area (Å²) in [5.41, 5.74) is 0. The smallest absolute Gasteiger partial charge is 0.238 e. The molecule has 6 heteroatoms. The fourth-order valence-corrected chi connectivity index (χ4v) is 1.38. The van der Waals surface area contributed by atoms with Gasteiger partial charge in [0.1, 0.15) is 0 Å². The molecule has 0 spiro atoms. The van der Waals surface area contributed by atoms with Crippen LogP contribution in [0.15, 0.2) is 21.1 Å². The highest BCUT2D eigenvalue weighted by atomic mass is 35.5. The summed E-state index contributed by atoms with van der Waals surface area (Å²) in [6.45, 7) is 2.04. The van der Waals surface area contributed by atoms with Gasteiger partial charge in [-0.05, 0) is 37.7 Å². The summed E-state index contributed by atoms with van der Waals surface area (Å²) in [6, 6.07) is 3.63. The van der Waals surface area contributed by atoms with Gasteiger partial charge in [-0.2, -0.15) is 4.98 Å². The lowest BCUT2D eigenvalue weighted by Crippen LogP contribution is -2.23. The minimum atomic E-state index is 0.286. The first kappa shape index (κ1) is 11.2. The SMILES string of the molecule is CNC(C)Cc1nc(-c2ccc(Cl)o2)no1. The first-order chi connectivity index (χ1) is 7.69. The van der Waals surface area contributed by atoms with Crippen LogP contribution in [0.5, 0.6) is 0 Å². The molecule has 0 saturated carbocycles. The van der Waals surface area contributed by atoms with E-state index in [1.165, 1.54) is 0 Å². The van der Waals surface area contributed by atoms with Gasteiger partial charge in [0.05, 0.1) is 0 Å². The molecule has 0 aliphatic heterocycles. The molecule has 0 radical (unpaired) electrons. The molecular weight excluding hydrogens is 230 g/mol. The second kappa shape index (κ2) is 4.67. The zero-order valence-electron chi connectivity index (χ0n) is 9.03. The maximum atomic E-state index is 5.66. The van der Waals surface area contributed by atoms with Crippen LogP contribution in [0.25, 0.3) is 11.6 Å². The summed E-state index contributed by atoms with van der Waals surface area (Å²) in [7, 11) is 1.88. The quantitative estimate of drug-likeness (QED) is 0.889. The normalized spacial score (nSPS) is 12.9. The van der Waals surface area contributed by atoms with Crippen LogP contribution in [0, 0.1) is 0 Å². The van der Waals surface area contributed by atoms with E-state index in [1.54, 1.807) is 12.1 Å². The third-order valence-corrected chi connectivity index (χ3v) is 2.44. The van der Waals surface area contributed by atoms with Gasteiger partial charge in [-0.25, -0.2) is 0 Å². The molecule has 1 unspecified atom stereocenters. The number of halogens is 1. The first-order valence-corrected chi connectivity index (χ1v) is 5.32. The van der Waals surface area contributed by atoms with Crippen molar-refractivity contribution in [2.75, 3.05) is 7.05 Å². The molecule has 1 atom stereocenters. The fourth-order valence-electron chi connectivity index (χ4n) is 1.24. The summed E-state index contributed by atoms with van der Waals surface area (Å²) in [6.07, 6.45) is 0.679. The van der Waals surface area contributed by atoms with Gasteiger partial charge < -0.3 is 14.3 Å². The van der Waals surface area contributed by atoms with Crippen LogP contribution in [0.3, 0.4) is 0 Å². The number of rotatable bonds is 4. The van der Waals surface area contributed by atoms with Crippen molar-refractivity contribution in [1.82, 2.24) is 15.5 Å². The lowest BCUT2D eigenvalue weighted by Gasteiger charge is -2.04. The van der Waals surface area contributed by atoms with Gasteiger partial charge in [0.25, 0.3) is 0 Å². The van der Waals surface area contributed by atoms with E-state index in [0.717, 1.165) is 0 Å². The van der Waals surface area contributed by atoms with E-state index in [0.29, 0.717) is 29.1 Å². The van der Waals surface area contributed by atoms with Crippen LogP contribution >= 0.6 is 11.6 Å². The Morgan fingerprint density at radius 2 is 2.31 bits per heavy atom. The Morgan fingerprint density at radius 1 is 1.50 bits per heavy atom. The molecule has 0 bridgehead atoms. The standard InChI is InChI=1S/C10H12ClN3O2/c1-6(12-2)5-9-13-10(14-16-9)7-3-4-8(11)15-7/h3-4,6,12H,5H2,1-2H3. The largest absolute Gasteiger partial charge is 0.441 e. The van der Waals surface area contributed by atoms with Crippen molar-refractivity contribution < 1.29 is 8.94 Å². The van der Waals surface area contributed by atoms with Crippen molar-refractivity contribution >= 4 is 11.6 Å². The number of nitrogens with zero attached hydrogens (tertiary/aromatic N) is 2. The van der Waals surface area contributed by atoms with Crippen LogP contribution in [0.1, 0.15) is 12.8 Å². The molecule has 0 aliphatic rings. The van der Waals surface area contributed by atoms with Gasteiger partial charge >= 0.3 is 0 Å². The van der Waals surface area contributed by atoms with E-state index in [-0.39, 0.29) is 6.04 Å². The van der Waals surface area contributed by atoms with E-state index in [9.17, 15) is 0 Å². The third-order valence-electron chi connectivity index (χ3n) is 2.24. The van der Waals surface area contributed by atoms with Gasteiger partial charge in [-0.1, -0.05) is 5.16 Å². The van der Waals surface area contributed by atoms with Crippen LogP contribution in [-0.4, -0.2) is 23.2 Å². The van der Waals surface area contributed by atoms with Gasteiger partial charge in [0.15, 0.2) is 11.0 Å². The summed E-state index contributed by atoms with van der Waals surface area (Å²) < 4.78 is 10.3. The molecule has 0 aromatic carbocycles. The molecule has 2 heterocycles. The Kier molecular flexibility index (Phi) is 3.26. The zero-order valence-corrected chi connectivity index (χ0v) is 9.78. The molecule has 0 saturated heterocycles. The van der Waals surface area contributed by atoms with Crippen LogP contribution < -0.4 is 5.32 Å². The fraction of sp³-hybridized carbons (Fsp3) is 0.400.